The van der Waals surface area contributed by atoms with Gasteiger partial charge < -0.3 is 10.4 Å². The van der Waals surface area contributed by atoms with Gasteiger partial charge in [-0.1, -0.05) is 12.1 Å². The van der Waals surface area contributed by atoms with Crippen LogP contribution >= 0.6 is 0 Å². The molecule has 2 heterocycles. The van der Waals surface area contributed by atoms with Gasteiger partial charge in [0.25, 0.3) is 0 Å². The molecule has 1 aliphatic carbocycles. The van der Waals surface area contributed by atoms with E-state index in [1.54, 1.807) is 0 Å². The topological polar surface area (TPSA) is 70.4 Å². The smallest absolute Gasteiger partial charge is 0.237 e. The summed E-state index contributed by atoms with van der Waals surface area (Å²) in [4.78, 5) is 14.7. The van der Waals surface area contributed by atoms with Crippen molar-refractivity contribution in [1.82, 2.24) is 20.0 Å². The molecule has 1 aromatic carbocycles. The highest BCUT2D eigenvalue weighted by atomic mass is 16.3. The van der Waals surface area contributed by atoms with Crippen molar-refractivity contribution in [3.8, 4) is 11.3 Å². The molecule has 2 N–H and O–H groups in total. The van der Waals surface area contributed by atoms with Crippen molar-refractivity contribution in [2.45, 2.75) is 57.3 Å². The lowest BCUT2D eigenvalue weighted by atomic mass is 9.86. The number of aromatic nitrogens is 2. The second-order valence-corrected chi connectivity index (χ2v) is 7.74. The molecule has 2 aromatic rings. The van der Waals surface area contributed by atoms with Crippen molar-refractivity contribution in [2.75, 3.05) is 13.6 Å². The first-order valence-corrected chi connectivity index (χ1v) is 9.90. The number of β-amino-alcohol motifs (C(OH)–C–C–N with tert-alkyl or cyclic N) is 1. The number of benzene rings is 1. The van der Waals surface area contributed by atoms with E-state index in [1.807, 2.05) is 22.8 Å². The Kier molecular flexibility index (Phi) is 5.02. The summed E-state index contributed by atoms with van der Waals surface area (Å²) in [7, 11) is 1.90. The van der Waals surface area contributed by atoms with Gasteiger partial charge in [0.1, 0.15) is 0 Å². The number of aliphatic hydroxyl groups is 1. The van der Waals surface area contributed by atoms with Gasteiger partial charge in [-0.2, -0.15) is 5.10 Å². The third-order valence-electron chi connectivity index (χ3n) is 5.91. The zero-order chi connectivity index (χ0) is 19.0. The van der Waals surface area contributed by atoms with Crippen LogP contribution in [0.1, 0.15) is 43.4 Å². The highest BCUT2D eigenvalue weighted by Crippen LogP contribution is 2.33. The Morgan fingerprint density at radius 3 is 2.96 bits per heavy atom. The maximum absolute atomic E-state index is 12.7. The largest absolute Gasteiger partial charge is 0.392 e. The minimum absolute atomic E-state index is 0.0278. The Labute approximate surface area is 160 Å². The fraction of sp³-hybridized carbons (Fsp3) is 0.524. The van der Waals surface area contributed by atoms with Gasteiger partial charge in [-0.05, 0) is 62.9 Å². The van der Waals surface area contributed by atoms with Crippen LogP contribution in [-0.2, 0) is 17.8 Å². The van der Waals surface area contributed by atoms with E-state index in [2.05, 4.69) is 41.6 Å². The number of nitrogens with zero attached hydrogens (tertiary/aromatic N) is 3. The first-order chi connectivity index (χ1) is 13.1. The van der Waals surface area contributed by atoms with E-state index >= 15 is 0 Å². The predicted molar refractivity (Wildman–Crippen MR) is 104 cm³/mol. The van der Waals surface area contributed by atoms with Crippen molar-refractivity contribution < 1.29 is 9.90 Å². The van der Waals surface area contributed by atoms with Gasteiger partial charge in [0, 0.05) is 24.8 Å². The van der Waals surface area contributed by atoms with E-state index in [0.29, 0.717) is 13.0 Å². The summed E-state index contributed by atoms with van der Waals surface area (Å²) in [5.41, 5.74) is 4.85. The number of rotatable bonds is 4. The molecule has 1 amide bonds. The van der Waals surface area contributed by atoms with Gasteiger partial charge in [-0.25, -0.2) is 0 Å². The molecular weight excluding hydrogens is 340 g/mol. The van der Waals surface area contributed by atoms with Gasteiger partial charge in [0.15, 0.2) is 0 Å². The highest BCUT2D eigenvalue weighted by molar-refractivity contribution is 5.82. The number of hydrogen-bond donors (Lipinski definition) is 2. The Bertz CT molecular complexity index is 831. The van der Waals surface area contributed by atoms with E-state index in [1.165, 1.54) is 16.7 Å². The van der Waals surface area contributed by atoms with Crippen LogP contribution in [0.2, 0.25) is 0 Å². The number of likely N-dealkylation sites (tertiary alicyclic amines) is 1. The molecule has 1 aromatic heterocycles. The number of fused-ring (bicyclic) bond motifs is 1. The number of nitrogens with one attached hydrogen (secondary N) is 1. The molecule has 27 heavy (non-hydrogen) atoms. The van der Waals surface area contributed by atoms with Crippen LogP contribution in [0, 0.1) is 0 Å². The maximum Gasteiger partial charge on any atom is 0.237 e. The zero-order valence-electron chi connectivity index (χ0n) is 16.1. The van der Waals surface area contributed by atoms with Crippen molar-refractivity contribution >= 4 is 5.91 Å². The average Bonchev–Trinajstić information content (AvgIpc) is 3.27. The number of hydrogen-bond acceptors (Lipinski definition) is 4. The third kappa shape index (κ3) is 3.51. The van der Waals surface area contributed by atoms with E-state index in [9.17, 15) is 9.90 Å². The quantitative estimate of drug-likeness (QED) is 0.867. The normalized spacial score (nSPS) is 25.4. The molecule has 1 fully saturated rings. The molecule has 3 unspecified atom stereocenters. The lowest BCUT2D eigenvalue weighted by molar-refractivity contribution is -0.126. The maximum atomic E-state index is 12.7. The van der Waals surface area contributed by atoms with Crippen LogP contribution < -0.4 is 5.32 Å². The van der Waals surface area contributed by atoms with Gasteiger partial charge in [-0.15, -0.1) is 0 Å². The van der Waals surface area contributed by atoms with Crippen LogP contribution in [0.4, 0.5) is 0 Å². The third-order valence-corrected chi connectivity index (χ3v) is 5.91. The summed E-state index contributed by atoms with van der Waals surface area (Å²) in [6.45, 7) is 3.50. The molecule has 6 nitrogen and oxygen atoms in total. The Balaban J connectivity index is 1.54. The lowest BCUT2D eigenvalue weighted by Gasteiger charge is -2.29. The second kappa shape index (κ2) is 7.44. The highest BCUT2D eigenvalue weighted by Gasteiger charge is 2.35. The van der Waals surface area contributed by atoms with E-state index in [-0.39, 0.29) is 18.0 Å². The average molecular weight is 368 g/mol. The van der Waals surface area contributed by atoms with Crippen LogP contribution in [0.5, 0.6) is 0 Å². The predicted octanol–water partition coefficient (Wildman–Crippen LogP) is 2.13. The SMILES string of the molecule is CCn1nccc1-c1ccc2c(c1)CCCC2NC(=O)C1CC(O)CN1C. The van der Waals surface area contributed by atoms with E-state index < -0.39 is 6.10 Å². The van der Waals surface area contributed by atoms with E-state index in [4.69, 9.17) is 0 Å². The van der Waals surface area contributed by atoms with Crippen molar-refractivity contribution in [3.63, 3.8) is 0 Å². The monoisotopic (exact) mass is 368 g/mol. The molecule has 1 aliphatic heterocycles. The van der Waals surface area contributed by atoms with Crippen LogP contribution in [0.15, 0.2) is 30.5 Å². The zero-order valence-corrected chi connectivity index (χ0v) is 16.1. The minimum Gasteiger partial charge on any atom is -0.392 e. The van der Waals surface area contributed by atoms with Gasteiger partial charge in [0.05, 0.1) is 23.9 Å². The summed E-state index contributed by atoms with van der Waals surface area (Å²) < 4.78 is 2.01. The standard InChI is InChI=1S/C21H28N4O2/c1-3-25-19(9-10-22-25)15-7-8-17-14(11-15)5-4-6-18(17)23-21(27)20-12-16(26)13-24(20)2/h7-11,16,18,20,26H,3-6,12-13H2,1-2H3,(H,23,27). The summed E-state index contributed by atoms with van der Waals surface area (Å²) in [5.74, 6) is 0.0278. The van der Waals surface area contributed by atoms with Crippen molar-refractivity contribution in [2.24, 2.45) is 0 Å². The summed E-state index contributed by atoms with van der Waals surface area (Å²) >= 11 is 0. The first-order valence-electron chi connectivity index (χ1n) is 9.90. The molecule has 0 saturated carbocycles. The van der Waals surface area contributed by atoms with Gasteiger partial charge in [-0.3, -0.25) is 14.4 Å². The van der Waals surface area contributed by atoms with Gasteiger partial charge >= 0.3 is 0 Å². The molecule has 6 heteroatoms. The molecule has 144 valence electrons. The Morgan fingerprint density at radius 2 is 2.22 bits per heavy atom. The van der Waals surface area contributed by atoms with Gasteiger partial charge in [0.2, 0.25) is 5.91 Å². The number of aliphatic hydroxyl groups excluding tert-OH is 1. The minimum atomic E-state index is -0.407. The molecule has 3 atom stereocenters. The molecule has 1 saturated heterocycles. The Hall–Kier alpha value is -2.18. The fourth-order valence-corrected chi connectivity index (χ4v) is 4.50. The molecular formula is C21H28N4O2. The number of carbonyl (C=O) groups is 1. The fourth-order valence-electron chi connectivity index (χ4n) is 4.50. The molecule has 2 aliphatic rings. The van der Waals surface area contributed by atoms with Crippen LogP contribution in [0.25, 0.3) is 11.3 Å². The second-order valence-electron chi connectivity index (χ2n) is 7.74. The number of aryl methyl sites for hydroxylation is 2. The summed E-state index contributed by atoms with van der Waals surface area (Å²) in [6.07, 6.45) is 5.02. The summed E-state index contributed by atoms with van der Waals surface area (Å²) in [6, 6.07) is 8.42. The first kappa shape index (κ1) is 18.2. The molecule has 0 radical (unpaired) electrons. The lowest BCUT2D eigenvalue weighted by Crippen LogP contribution is -2.43. The number of amides is 1. The van der Waals surface area contributed by atoms with E-state index in [0.717, 1.165) is 31.5 Å². The number of likely N-dealkylation sites (N-methyl/N-ethyl adjacent to an activating group) is 1. The summed E-state index contributed by atoms with van der Waals surface area (Å²) in [5, 5.41) is 17.4. The van der Waals surface area contributed by atoms with Crippen molar-refractivity contribution in [3.05, 3.63) is 41.6 Å². The van der Waals surface area contributed by atoms with Crippen LogP contribution in [0.3, 0.4) is 0 Å². The Morgan fingerprint density at radius 1 is 1.37 bits per heavy atom. The molecule has 0 spiro atoms. The molecule has 0 bridgehead atoms. The van der Waals surface area contributed by atoms with Crippen molar-refractivity contribution in [1.29, 1.82) is 0 Å². The number of carbonyl (C=O) groups excluding carboxylic acids is 1. The molecule has 4 rings (SSSR count). The van der Waals surface area contributed by atoms with Crippen LogP contribution in [-0.4, -0.2) is 51.4 Å².